The first-order chi connectivity index (χ1) is 9.79. The summed E-state index contributed by atoms with van der Waals surface area (Å²) in [5.74, 6) is -1.76. The number of amides is 1. The third kappa shape index (κ3) is 5.81. The summed E-state index contributed by atoms with van der Waals surface area (Å²) in [5, 5.41) is 11.5. The van der Waals surface area contributed by atoms with Gasteiger partial charge < -0.3 is 15.2 Å². The van der Waals surface area contributed by atoms with Gasteiger partial charge >= 0.3 is 5.97 Å². The summed E-state index contributed by atoms with van der Waals surface area (Å²) in [5.41, 5.74) is 0. The lowest BCUT2D eigenvalue weighted by molar-refractivity contribution is -0.143. The van der Waals surface area contributed by atoms with E-state index in [1.165, 1.54) is 25.1 Å². The lowest BCUT2D eigenvalue weighted by atomic mass is 10.0. The third-order valence-corrected chi connectivity index (χ3v) is 2.80. The van der Waals surface area contributed by atoms with Crippen LogP contribution in [0.4, 0.5) is 4.39 Å². The molecule has 2 atom stereocenters. The van der Waals surface area contributed by atoms with E-state index in [4.69, 9.17) is 9.84 Å². The Balaban J connectivity index is 2.62. The standard InChI is InChI=1S/C15H20FNO4/c1-9(2)7-13(15(19)20)17-14(18)10(3)21-12-6-4-5-11(16)8-12/h4-6,8-10,13H,7H2,1-3H3,(H,17,18)(H,19,20). The van der Waals surface area contributed by atoms with Crippen molar-refractivity contribution in [2.45, 2.75) is 39.3 Å². The predicted octanol–water partition coefficient (Wildman–Crippen LogP) is 2.21. The number of carbonyl (C=O) groups is 2. The number of carboxylic acids is 1. The zero-order valence-electron chi connectivity index (χ0n) is 12.3. The van der Waals surface area contributed by atoms with Crippen molar-refractivity contribution in [1.82, 2.24) is 5.32 Å². The normalized spacial score (nSPS) is 13.6. The van der Waals surface area contributed by atoms with Gasteiger partial charge in [-0.2, -0.15) is 0 Å². The van der Waals surface area contributed by atoms with Gasteiger partial charge in [-0.15, -0.1) is 0 Å². The number of aliphatic carboxylic acids is 1. The number of ether oxygens (including phenoxy) is 1. The van der Waals surface area contributed by atoms with Crippen molar-refractivity contribution in [2.24, 2.45) is 5.92 Å². The highest BCUT2D eigenvalue weighted by molar-refractivity contribution is 5.86. The molecule has 6 heteroatoms. The molecule has 1 rings (SSSR count). The van der Waals surface area contributed by atoms with E-state index in [0.717, 1.165) is 6.07 Å². The molecule has 0 radical (unpaired) electrons. The van der Waals surface area contributed by atoms with Crippen LogP contribution in [0, 0.1) is 11.7 Å². The predicted molar refractivity (Wildman–Crippen MR) is 75.5 cm³/mol. The summed E-state index contributed by atoms with van der Waals surface area (Å²) in [6, 6.07) is 4.45. The Morgan fingerprint density at radius 3 is 2.52 bits per heavy atom. The lowest BCUT2D eigenvalue weighted by Gasteiger charge is -2.20. The van der Waals surface area contributed by atoms with E-state index in [-0.39, 0.29) is 11.7 Å². The minimum Gasteiger partial charge on any atom is -0.481 e. The molecular formula is C15H20FNO4. The molecule has 1 aromatic carbocycles. The van der Waals surface area contributed by atoms with Gasteiger partial charge in [-0.05, 0) is 31.4 Å². The van der Waals surface area contributed by atoms with Gasteiger partial charge in [-0.25, -0.2) is 9.18 Å². The minimum absolute atomic E-state index is 0.130. The fraction of sp³-hybridized carbons (Fsp3) is 0.467. The van der Waals surface area contributed by atoms with Crippen molar-refractivity contribution < 1.29 is 23.8 Å². The maximum absolute atomic E-state index is 13.0. The number of rotatable bonds is 7. The van der Waals surface area contributed by atoms with Crippen molar-refractivity contribution in [3.05, 3.63) is 30.1 Å². The second kappa shape index (κ2) is 7.61. The molecule has 0 aromatic heterocycles. The smallest absolute Gasteiger partial charge is 0.326 e. The van der Waals surface area contributed by atoms with Gasteiger partial charge in [-0.1, -0.05) is 19.9 Å². The van der Waals surface area contributed by atoms with Crippen LogP contribution in [0.2, 0.25) is 0 Å². The Morgan fingerprint density at radius 1 is 1.33 bits per heavy atom. The van der Waals surface area contributed by atoms with Crippen LogP contribution in [-0.2, 0) is 9.59 Å². The number of hydrogen-bond donors (Lipinski definition) is 2. The Kier molecular flexibility index (Phi) is 6.14. The van der Waals surface area contributed by atoms with Crippen LogP contribution in [0.3, 0.4) is 0 Å². The first-order valence-corrected chi connectivity index (χ1v) is 6.75. The number of carboxylic acid groups (broad SMARTS) is 1. The van der Waals surface area contributed by atoms with Gasteiger partial charge in [0.15, 0.2) is 6.10 Å². The van der Waals surface area contributed by atoms with E-state index in [1.54, 1.807) is 0 Å². The zero-order valence-corrected chi connectivity index (χ0v) is 12.3. The molecule has 5 nitrogen and oxygen atoms in total. The monoisotopic (exact) mass is 297 g/mol. The molecule has 0 bridgehead atoms. The van der Waals surface area contributed by atoms with Crippen LogP contribution in [0.1, 0.15) is 27.2 Å². The first kappa shape index (κ1) is 16.9. The summed E-state index contributed by atoms with van der Waals surface area (Å²) in [7, 11) is 0. The highest BCUT2D eigenvalue weighted by atomic mass is 19.1. The molecular weight excluding hydrogens is 277 g/mol. The van der Waals surface area contributed by atoms with E-state index in [0.29, 0.717) is 6.42 Å². The van der Waals surface area contributed by atoms with E-state index in [9.17, 15) is 14.0 Å². The van der Waals surface area contributed by atoms with E-state index < -0.39 is 29.8 Å². The second-order valence-corrected chi connectivity index (χ2v) is 5.25. The fourth-order valence-corrected chi connectivity index (χ4v) is 1.78. The lowest BCUT2D eigenvalue weighted by Crippen LogP contribution is -2.46. The number of benzene rings is 1. The third-order valence-electron chi connectivity index (χ3n) is 2.80. The first-order valence-electron chi connectivity index (χ1n) is 6.75. The van der Waals surface area contributed by atoms with E-state index in [1.807, 2.05) is 13.8 Å². The molecule has 0 heterocycles. The Labute approximate surface area is 123 Å². The van der Waals surface area contributed by atoms with Gasteiger partial charge in [0.2, 0.25) is 0 Å². The number of halogens is 1. The molecule has 2 unspecified atom stereocenters. The van der Waals surface area contributed by atoms with Crippen molar-refractivity contribution in [2.75, 3.05) is 0 Å². The number of carbonyl (C=O) groups excluding carboxylic acids is 1. The summed E-state index contributed by atoms with van der Waals surface area (Å²) in [4.78, 5) is 23.0. The maximum atomic E-state index is 13.0. The van der Waals surface area contributed by atoms with Crippen molar-refractivity contribution >= 4 is 11.9 Å². The zero-order chi connectivity index (χ0) is 16.0. The van der Waals surface area contributed by atoms with Crippen LogP contribution in [0.25, 0.3) is 0 Å². The average Bonchev–Trinajstić information content (AvgIpc) is 2.37. The summed E-state index contributed by atoms with van der Waals surface area (Å²) in [6.45, 7) is 5.22. The SMILES string of the molecule is CC(C)CC(NC(=O)C(C)Oc1cccc(F)c1)C(=O)O. The molecule has 1 amide bonds. The second-order valence-electron chi connectivity index (χ2n) is 5.25. The van der Waals surface area contributed by atoms with E-state index >= 15 is 0 Å². The Morgan fingerprint density at radius 2 is 2.00 bits per heavy atom. The highest BCUT2D eigenvalue weighted by Gasteiger charge is 2.24. The molecule has 21 heavy (non-hydrogen) atoms. The maximum Gasteiger partial charge on any atom is 0.326 e. The van der Waals surface area contributed by atoms with Crippen molar-refractivity contribution in [1.29, 1.82) is 0 Å². The van der Waals surface area contributed by atoms with Crippen LogP contribution >= 0.6 is 0 Å². The quantitative estimate of drug-likeness (QED) is 0.809. The molecule has 2 N–H and O–H groups in total. The van der Waals surface area contributed by atoms with E-state index in [2.05, 4.69) is 5.32 Å². The van der Waals surface area contributed by atoms with Gasteiger partial charge in [-0.3, -0.25) is 4.79 Å². The van der Waals surface area contributed by atoms with Crippen LogP contribution < -0.4 is 10.1 Å². The minimum atomic E-state index is -1.09. The molecule has 0 aliphatic heterocycles. The largest absolute Gasteiger partial charge is 0.481 e. The fourth-order valence-electron chi connectivity index (χ4n) is 1.78. The van der Waals surface area contributed by atoms with Crippen molar-refractivity contribution in [3.8, 4) is 5.75 Å². The number of hydrogen-bond acceptors (Lipinski definition) is 3. The topological polar surface area (TPSA) is 75.6 Å². The number of nitrogens with one attached hydrogen (secondary N) is 1. The molecule has 0 aliphatic rings. The van der Waals surface area contributed by atoms with Gasteiger partial charge in [0.05, 0.1) is 0 Å². The molecule has 0 fully saturated rings. The molecule has 0 spiro atoms. The van der Waals surface area contributed by atoms with Crippen molar-refractivity contribution in [3.63, 3.8) is 0 Å². The molecule has 0 saturated heterocycles. The van der Waals surface area contributed by atoms with Gasteiger partial charge in [0, 0.05) is 6.07 Å². The molecule has 0 saturated carbocycles. The molecule has 0 aliphatic carbocycles. The Bertz CT molecular complexity index is 504. The van der Waals surface area contributed by atoms with Gasteiger partial charge in [0.1, 0.15) is 17.6 Å². The Hall–Kier alpha value is -2.11. The van der Waals surface area contributed by atoms with Gasteiger partial charge in [0.25, 0.3) is 5.91 Å². The summed E-state index contributed by atoms with van der Waals surface area (Å²) >= 11 is 0. The summed E-state index contributed by atoms with van der Waals surface area (Å²) in [6.07, 6.45) is -0.589. The van der Waals surface area contributed by atoms with Crippen LogP contribution in [0.5, 0.6) is 5.75 Å². The average molecular weight is 297 g/mol. The molecule has 116 valence electrons. The highest BCUT2D eigenvalue weighted by Crippen LogP contribution is 2.14. The van der Waals surface area contributed by atoms with Crippen LogP contribution in [0.15, 0.2) is 24.3 Å². The van der Waals surface area contributed by atoms with Crippen LogP contribution in [-0.4, -0.2) is 29.1 Å². The molecule has 1 aromatic rings. The summed E-state index contributed by atoms with van der Waals surface area (Å²) < 4.78 is 18.3.